The van der Waals surface area contributed by atoms with E-state index in [1.807, 2.05) is 0 Å². The number of aliphatic imine (C=N–C) groups is 1. The van der Waals surface area contributed by atoms with E-state index in [9.17, 15) is 26.3 Å². The van der Waals surface area contributed by atoms with Gasteiger partial charge in [0.15, 0.2) is 12.0 Å². The molecule has 3 rings (SSSR count). The SMILES string of the molecule is CN=C1/C(=C(\N)C(F)(F)F)C2(CC1Br)OCCO2.FC1CCCC(F)C1F. The molecule has 0 aromatic rings. The highest BCUT2D eigenvalue weighted by atomic mass is 79.9. The molecule has 0 aromatic heterocycles. The summed E-state index contributed by atoms with van der Waals surface area (Å²) in [5.74, 6) is -1.41. The van der Waals surface area contributed by atoms with Crippen LogP contribution in [-0.2, 0) is 9.47 Å². The van der Waals surface area contributed by atoms with Gasteiger partial charge in [-0.3, -0.25) is 4.99 Å². The molecule has 3 unspecified atom stereocenters. The summed E-state index contributed by atoms with van der Waals surface area (Å²) in [6, 6.07) is 0. The number of halogens is 7. The van der Waals surface area contributed by atoms with E-state index in [1.54, 1.807) is 0 Å². The molecule has 156 valence electrons. The number of ether oxygens (including phenoxy) is 2. The fourth-order valence-corrected chi connectivity index (χ4v) is 4.15. The van der Waals surface area contributed by atoms with Crippen LogP contribution in [-0.4, -0.2) is 61.3 Å². The zero-order valence-corrected chi connectivity index (χ0v) is 16.1. The Hall–Kier alpha value is -0.810. The summed E-state index contributed by atoms with van der Waals surface area (Å²) >= 11 is 3.28. The minimum atomic E-state index is -4.63. The van der Waals surface area contributed by atoms with Gasteiger partial charge in [0, 0.05) is 13.5 Å². The van der Waals surface area contributed by atoms with Gasteiger partial charge in [0.05, 0.1) is 29.3 Å². The maximum absolute atomic E-state index is 12.8. The minimum Gasteiger partial charge on any atom is -0.394 e. The van der Waals surface area contributed by atoms with Crippen LogP contribution < -0.4 is 5.73 Å². The van der Waals surface area contributed by atoms with Crippen LogP contribution in [0.5, 0.6) is 0 Å². The molecule has 11 heteroatoms. The summed E-state index contributed by atoms with van der Waals surface area (Å²) in [5.41, 5.74) is 4.06. The van der Waals surface area contributed by atoms with Gasteiger partial charge in [0.1, 0.15) is 18.0 Å². The second-order valence-corrected chi connectivity index (χ2v) is 7.53. The van der Waals surface area contributed by atoms with Gasteiger partial charge in [-0.1, -0.05) is 15.9 Å². The first kappa shape index (κ1) is 22.5. The molecule has 1 heterocycles. The molecule has 1 saturated heterocycles. The van der Waals surface area contributed by atoms with Crippen LogP contribution in [0.2, 0.25) is 0 Å². The quantitative estimate of drug-likeness (QED) is 0.434. The van der Waals surface area contributed by atoms with Crippen LogP contribution in [0.1, 0.15) is 25.7 Å². The molecule has 0 bridgehead atoms. The lowest BCUT2D eigenvalue weighted by molar-refractivity contribution is -0.128. The molecular formula is C16H21BrF6N2O2. The topological polar surface area (TPSA) is 56.8 Å². The zero-order chi connectivity index (χ0) is 20.4. The summed E-state index contributed by atoms with van der Waals surface area (Å²) in [6.45, 7) is 0.483. The third-order valence-corrected chi connectivity index (χ3v) is 5.36. The van der Waals surface area contributed by atoms with Crippen molar-refractivity contribution < 1.29 is 35.8 Å². The highest BCUT2D eigenvalue weighted by Crippen LogP contribution is 2.46. The lowest BCUT2D eigenvalue weighted by atomic mass is 9.95. The van der Waals surface area contributed by atoms with Crippen LogP contribution in [0.3, 0.4) is 0 Å². The lowest BCUT2D eigenvalue weighted by Crippen LogP contribution is -2.35. The van der Waals surface area contributed by atoms with E-state index in [0.29, 0.717) is 6.42 Å². The largest absolute Gasteiger partial charge is 0.431 e. The number of nitrogens with zero attached hydrogens (tertiary/aromatic N) is 1. The monoisotopic (exact) mass is 466 g/mol. The Labute approximate surface area is 161 Å². The Kier molecular flexibility index (Phi) is 7.23. The van der Waals surface area contributed by atoms with Crippen LogP contribution >= 0.6 is 15.9 Å². The summed E-state index contributed by atoms with van der Waals surface area (Å²) in [6.07, 6.45) is -8.55. The summed E-state index contributed by atoms with van der Waals surface area (Å²) < 4.78 is 85.8. The molecule has 0 aromatic carbocycles. The Bertz CT molecular complexity index is 582. The van der Waals surface area contributed by atoms with Gasteiger partial charge in [-0.2, -0.15) is 13.2 Å². The van der Waals surface area contributed by atoms with Gasteiger partial charge in [-0.15, -0.1) is 0 Å². The highest BCUT2D eigenvalue weighted by molar-refractivity contribution is 9.10. The third-order valence-electron chi connectivity index (χ3n) is 4.60. The number of alkyl halides is 7. The van der Waals surface area contributed by atoms with Crippen molar-refractivity contribution in [2.75, 3.05) is 20.3 Å². The number of nitrogens with two attached hydrogens (primary N) is 1. The van der Waals surface area contributed by atoms with Crippen molar-refractivity contribution >= 4 is 21.6 Å². The molecule has 0 amide bonds. The second-order valence-electron chi connectivity index (χ2n) is 6.42. The molecule has 27 heavy (non-hydrogen) atoms. The van der Waals surface area contributed by atoms with E-state index in [-0.39, 0.29) is 48.6 Å². The third kappa shape index (κ3) is 4.79. The summed E-state index contributed by atoms with van der Waals surface area (Å²) in [5, 5.41) is 0. The van der Waals surface area contributed by atoms with E-state index in [2.05, 4.69) is 20.9 Å². The molecule has 2 N–H and O–H groups in total. The van der Waals surface area contributed by atoms with Crippen molar-refractivity contribution in [2.45, 2.75) is 61.0 Å². The molecule has 2 saturated carbocycles. The smallest absolute Gasteiger partial charge is 0.394 e. The molecule has 3 fully saturated rings. The normalized spacial score (nSPS) is 36.7. The molecule has 2 aliphatic carbocycles. The van der Waals surface area contributed by atoms with Crippen molar-refractivity contribution in [1.82, 2.24) is 0 Å². The first-order valence-electron chi connectivity index (χ1n) is 8.42. The first-order valence-corrected chi connectivity index (χ1v) is 9.33. The van der Waals surface area contributed by atoms with Gasteiger partial charge in [0.25, 0.3) is 0 Å². The molecule has 3 atom stereocenters. The van der Waals surface area contributed by atoms with Crippen molar-refractivity contribution in [3.05, 3.63) is 11.3 Å². The molecule has 4 nitrogen and oxygen atoms in total. The van der Waals surface area contributed by atoms with Crippen molar-refractivity contribution in [2.24, 2.45) is 10.7 Å². The Balaban J connectivity index is 0.000000244. The standard InChI is InChI=1S/C10H12BrF3N2O2.C6H9F3/c1-16-7-5(11)4-9(17-2-3-18-9)6(7)8(15)10(12,13)14;7-4-2-1-3-5(8)6(4)9/h5H,2-4,15H2,1H3;4-6H,1-3H2/b8-6+,16-7?;. The average Bonchev–Trinajstić information content (AvgIpc) is 3.15. The van der Waals surface area contributed by atoms with Gasteiger partial charge in [-0.25, -0.2) is 13.2 Å². The van der Waals surface area contributed by atoms with E-state index < -0.39 is 36.2 Å². The van der Waals surface area contributed by atoms with Crippen LogP contribution in [0.4, 0.5) is 26.3 Å². The predicted octanol–water partition coefficient (Wildman–Crippen LogP) is 3.93. The van der Waals surface area contributed by atoms with Gasteiger partial charge in [0.2, 0.25) is 0 Å². The van der Waals surface area contributed by atoms with Crippen LogP contribution in [0.15, 0.2) is 16.3 Å². The fraction of sp³-hybridized carbons (Fsp3) is 0.812. The molecule has 1 aliphatic heterocycles. The number of hydrogen-bond acceptors (Lipinski definition) is 4. The average molecular weight is 467 g/mol. The van der Waals surface area contributed by atoms with Gasteiger partial charge < -0.3 is 15.2 Å². The maximum atomic E-state index is 12.8. The van der Waals surface area contributed by atoms with Crippen LogP contribution in [0, 0.1) is 0 Å². The highest BCUT2D eigenvalue weighted by Gasteiger charge is 2.55. The van der Waals surface area contributed by atoms with E-state index in [4.69, 9.17) is 15.2 Å². The van der Waals surface area contributed by atoms with Crippen molar-refractivity contribution in [3.63, 3.8) is 0 Å². The lowest BCUT2D eigenvalue weighted by Gasteiger charge is -2.25. The first-order chi connectivity index (χ1) is 12.5. The summed E-state index contributed by atoms with van der Waals surface area (Å²) in [7, 11) is 1.42. The van der Waals surface area contributed by atoms with Crippen LogP contribution in [0.25, 0.3) is 0 Å². The van der Waals surface area contributed by atoms with E-state index in [0.717, 1.165) is 0 Å². The van der Waals surface area contributed by atoms with Crippen molar-refractivity contribution in [3.8, 4) is 0 Å². The van der Waals surface area contributed by atoms with Gasteiger partial charge in [-0.05, 0) is 19.3 Å². The molecular weight excluding hydrogens is 446 g/mol. The number of rotatable bonds is 0. The Morgan fingerprint density at radius 1 is 1.15 bits per heavy atom. The number of hydrogen-bond donors (Lipinski definition) is 1. The second kappa shape index (κ2) is 8.69. The minimum absolute atomic E-state index is 0.182. The molecule has 3 aliphatic rings. The van der Waals surface area contributed by atoms with E-state index >= 15 is 0 Å². The summed E-state index contributed by atoms with van der Waals surface area (Å²) in [4.78, 5) is 3.51. The van der Waals surface area contributed by atoms with Gasteiger partial charge >= 0.3 is 6.18 Å². The van der Waals surface area contributed by atoms with E-state index in [1.165, 1.54) is 7.05 Å². The fourth-order valence-electron chi connectivity index (χ4n) is 3.29. The zero-order valence-electron chi connectivity index (χ0n) is 14.5. The Morgan fingerprint density at radius 2 is 1.67 bits per heavy atom. The van der Waals surface area contributed by atoms with Crippen molar-refractivity contribution in [1.29, 1.82) is 0 Å². The molecule has 0 radical (unpaired) electrons. The number of allylic oxidation sites excluding steroid dienone is 1. The predicted molar refractivity (Wildman–Crippen MR) is 91.1 cm³/mol. The molecule has 1 spiro atoms. The Morgan fingerprint density at radius 3 is 2.07 bits per heavy atom. The maximum Gasteiger partial charge on any atom is 0.431 e.